The van der Waals surface area contributed by atoms with Gasteiger partial charge in [0, 0.05) is 12.4 Å². The van der Waals surface area contributed by atoms with E-state index in [4.69, 9.17) is 10.00 Å². The lowest BCUT2D eigenvalue weighted by atomic mass is 10.1. The Labute approximate surface area is 93.5 Å². The summed E-state index contributed by atoms with van der Waals surface area (Å²) < 4.78 is 5.13. The number of anilines is 1. The van der Waals surface area contributed by atoms with E-state index in [1.165, 1.54) is 0 Å². The molecule has 0 amide bonds. The molecule has 1 aromatic carbocycles. The van der Waals surface area contributed by atoms with Gasteiger partial charge in [-0.15, -0.1) is 0 Å². The van der Waals surface area contributed by atoms with Crippen LogP contribution in [0.25, 0.3) is 10.9 Å². The number of nitrogens with one attached hydrogen (secondary N) is 1. The molecule has 0 bridgehead atoms. The summed E-state index contributed by atoms with van der Waals surface area (Å²) in [5, 5.41) is 12.8. The van der Waals surface area contributed by atoms with Crippen molar-refractivity contribution in [2.24, 2.45) is 0 Å². The number of benzene rings is 1. The fourth-order valence-corrected chi connectivity index (χ4v) is 1.56. The van der Waals surface area contributed by atoms with Crippen LogP contribution in [0.3, 0.4) is 0 Å². The number of fused-ring (bicyclic) bond motifs is 1. The molecule has 2 aromatic rings. The van der Waals surface area contributed by atoms with E-state index in [1.807, 2.05) is 18.2 Å². The number of nitrogens with zero attached hydrogens (tertiary/aromatic N) is 2. The van der Waals surface area contributed by atoms with Gasteiger partial charge < -0.3 is 10.1 Å². The summed E-state index contributed by atoms with van der Waals surface area (Å²) in [4.78, 5) is 4.35. The zero-order valence-electron chi connectivity index (χ0n) is 9.11. The molecular weight excluding hydrogens is 202 g/mol. The number of rotatable bonds is 2. The normalized spacial score (nSPS) is 9.81. The van der Waals surface area contributed by atoms with Crippen LogP contribution in [0.1, 0.15) is 5.56 Å². The Hall–Kier alpha value is -2.28. The molecule has 0 saturated heterocycles. The minimum absolute atomic E-state index is 0.531. The maximum absolute atomic E-state index is 8.97. The fourth-order valence-electron chi connectivity index (χ4n) is 1.56. The molecule has 0 unspecified atom stereocenters. The Morgan fingerprint density at radius 3 is 2.81 bits per heavy atom. The minimum atomic E-state index is 0.531. The van der Waals surface area contributed by atoms with E-state index in [0.29, 0.717) is 11.4 Å². The van der Waals surface area contributed by atoms with Gasteiger partial charge in [-0.2, -0.15) is 5.26 Å². The molecule has 0 aliphatic carbocycles. The highest BCUT2D eigenvalue weighted by Gasteiger charge is 2.05. The van der Waals surface area contributed by atoms with E-state index < -0.39 is 0 Å². The number of hydrogen-bond donors (Lipinski definition) is 1. The van der Waals surface area contributed by atoms with Crippen LogP contribution in [0.15, 0.2) is 24.3 Å². The first kappa shape index (κ1) is 10.2. The minimum Gasteiger partial charge on any atom is -0.497 e. The largest absolute Gasteiger partial charge is 0.497 e. The van der Waals surface area contributed by atoms with Gasteiger partial charge in [0.05, 0.1) is 18.2 Å². The topological polar surface area (TPSA) is 57.9 Å². The molecule has 1 N–H and O–H groups in total. The van der Waals surface area contributed by atoms with Crippen LogP contribution in [-0.4, -0.2) is 19.1 Å². The Morgan fingerprint density at radius 2 is 2.19 bits per heavy atom. The predicted molar refractivity (Wildman–Crippen MR) is 62.6 cm³/mol. The Kier molecular flexibility index (Phi) is 2.61. The number of aromatic nitrogens is 1. The summed E-state index contributed by atoms with van der Waals surface area (Å²) in [5.41, 5.74) is 1.37. The Bertz CT molecular complexity index is 572. The third-order valence-electron chi connectivity index (χ3n) is 2.38. The highest BCUT2D eigenvalue weighted by Crippen LogP contribution is 2.23. The molecule has 0 saturated carbocycles. The van der Waals surface area contributed by atoms with Crippen LogP contribution < -0.4 is 10.1 Å². The average Bonchev–Trinajstić information content (AvgIpc) is 2.36. The van der Waals surface area contributed by atoms with Crippen LogP contribution in [0.4, 0.5) is 5.82 Å². The lowest BCUT2D eigenvalue weighted by Crippen LogP contribution is -1.96. The maximum Gasteiger partial charge on any atom is 0.144 e. The number of ether oxygens (including phenoxy) is 1. The van der Waals surface area contributed by atoms with E-state index in [0.717, 1.165) is 16.7 Å². The van der Waals surface area contributed by atoms with E-state index in [9.17, 15) is 0 Å². The van der Waals surface area contributed by atoms with Crippen LogP contribution >= 0.6 is 0 Å². The maximum atomic E-state index is 8.97. The van der Waals surface area contributed by atoms with E-state index >= 15 is 0 Å². The van der Waals surface area contributed by atoms with Gasteiger partial charge in [0.2, 0.25) is 0 Å². The van der Waals surface area contributed by atoms with Gasteiger partial charge in [-0.05, 0) is 24.3 Å². The van der Waals surface area contributed by atoms with Crippen LogP contribution in [-0.2, 0) is 0 Å². The van der Waals surface area contributed by atoms with Crippen LogP contribution in [0, 0.1) is 11.3 Å². The number of hydrogen-bond acceptors (Lipinski definition) is 4. The zero-order chi connectivity index (χ0) is 11.5. The van der Waals surface area contributed by atoms with E-state index in [2.05, 4.69) is 16.4 Å². The SMILES string of the molecule is CNc1nc2ccc(OC)cc2cc1C#N. The fraction of sp³-hybridized carbons (Fsp3) is 0.167. The van der Waals surface area contributed by atoms with Gasteiger partial charge in [-0.1, -0.05) is 0 Å². The lowest BCUT2D eigenvalue weighted by molar-refractivity contribution is 0.415. The summed E-state index contributed by atoms with van der Waals surface area (Å²) in [6.45, 7) is 0. The highest BCUT2D eigenvalue weighted by atomic mass is 16.5. The van der Waals surface area contributed by atoms with Crippen molar-refractivity contribution in [1.29, 1.82) is 5.26 Å². The van der Waals surface area contributed by atoms with Gasteiger partial charge in [-0.3, -0.25) is 0 Å². The molecule has 1 aromatic heterocycles. The van der Waals surface area contributed by atoms with E-state index in [-0.39, 0.29) is 0 Å². The molecule has 4 heteroatoms. The number of methoxy groups -OCH3 is 1. The third-order valence-corrected chi connectivity index (χ3v) is 2.38. The predicted octanol–water partition coefficient (Wildman–Crippen LogP) is 2.16. The van der Waals surface area contributed by atoms with Crippen LogP contribution in [0.2, 0.25) is 0 Å². The molecule has 0 spiro atoms. The lowest BCUT2D eigenvalue weighted by Gasteiger charge is -2.06. The van der Waals surface area contributed by atoms with Crippen molar-refractivity contribution in [2.75, 3.05) is 19.5 Å². The summed E-state index contributed by atoms with van der Waals surface area (Å²) >= 11 is 0. The molecule has 80 valence electrons. The first-order chi connectivity index (χ1) is 7.78. The molecule has 4 nitrogen and oxygen atoms in total. The summed E-state index contributed by atoms with van der Waals surface area (Å²) in [7, 11) is 3.36. The van der Waals surface area contributed by atoms with Crippen molar-refractivity contribution >= 4 is 16.7 Å². The first-order valence-electron chi connectivity index (χ1n) is 4.85. The quantitative estimate of drug-likeness (QED) is 0.830. The van der Waals surface area contributed by atoms with Gasteiger partial charge >= 0.3 is 0 Å². The Morgan fingerprint density at radius 1 is 1.38 bits per heavy atom. The molecule has 0 fully saturated rings. The average molecular weight is 213 g/mol. The summed E-state index contributed by atoms with van der Waals surface area (Å²) in [6.07, 6.45) is 0. The first-order valence-corrected chi connectivity index (χ1v) is 4.85. The molecule has 16 heavy (non-hydrogen) atoms. The zero-order valence-corrected chi connectivity index (χ0v) is 9.11. The molecule has 0 aliphatic heterocycles. The van der Waals surface area contributed by atoms with Crippen LogP contribution in [0.5, 0.6) is 5.75 Å². The molecular formula is C12H11N3O. The molecule has 1 heterocycles. The Balaban J connectivity index is 2.69. The highest BCUT2D eigenvalue weighted by molar-refractivity contribution is 5.84. The molecule has 0 radical (unpaired) electrons. The number of nitriles is 1. The van der Waals surface area contributed by atoms with Gasteiger partial charge in [0.25, 0.3) is 0 Å². The van der Waals surface area contributed by atoms with Crippen molar-refractivity contribution in [3.63, 3.8) is 0 Å². The van der Waals surface area contributed by atoms with Crippen molar-refractivity contribution in [3.05, 3.63) is 29.8 Å². The van der Waals surface area contributed by atoms with Gasteiger partial charge in [0.15, 0.2) is 0 Å². The summed E-state index contributed by atoms with van der Waals surface area (Å²) in [6, 6.07) is 9.50. The second-order valence-corrected chi connectivity index (χ2v) is 3.30. The number of pyridine rings is 1. The van der Waals surface area contributed by atoms with Crippen molar-refractivity contribution in [1.82, 2.24) is 4.98 Å². The van der Waals surface area contributed by atoms with Gasteiger partial charge in [0.1, 0.15) is 17.6 Å². The summed E-state index contributed by atoms with van der Waals surface area (Å²) in [5.74, 6) is 1.36. The standard InChI is InChI=1S/C12H11N3O/c1-14-12-9(7-13)5-8-6-10(16-2)3-4-11(8)15-12/h3-6H,1-2H3,(H,14,15). The van der Waals surface area contributed by atoms with Crippen molar-refractivity contribution < 1.29 is 4.74 Å². The van der Waals surface area contributed by atoms with Crippen molar-refractivity contribution in [2.45, 2.75) is 0 Å². The monoisotopic (exact) mass is 213 g/mol. The molecule has 0 atom stereocenters. The second-order valence-electron chi connectivity index (χ2n) is 3.30. The molecule has 0 aliphatic rings. The van der Waals surface area contributed by atoms with E-state index in [1.54, 1.807) is 20.2 Å². The third kappa shape index (κ3) is 1.63. The smallest absolute Gasteiger partial charge is 0.144 e. The van der Waals surface area contributed by atoms with Crippen molar-refractivity contribution in [3.8, 4) is 11.8 Å². The van der Waals surface area contributed by atoms with Gasteiger partial charge in [-0.25, -0.2) is 4.98 Å². The molecule has 2 rings (SSSR count). The second kappa shape index (κ2) is 4.07.